The number of aryl methyl sites for hydroxylation is 1. The zero-order valence-electron chi connectivity index (χ0n) is 18.5. The summed E-state index contributed by atoms with van der Waals surface area (Å²) < 4.78 is 44.3. The molecule has 32 heavy (non-hydrogen) atoms. The van der Waals surface area contributed by atoms with Gasteiger partial charge in [0.2, 0.25) is 0 Å². The van der Waals surface area contributed by atoms with E-state index in [9.17, 15) is 22.8 Å². The molecule has 1 unspecified atom stereocenters. The zero-order chi connectivity index (χ0) is 23.3. The van der Waals surface area contributed by atoms with Gasteiger partial charge in [0.15, 0.2) is 5.78 Å². The van der Waals surface area contributed by atoms with Crippen LogP contribution in [0.4, 0.5) is 13.2 Å². The number of hydrogen-bond acceptors (Lipinski definition) is 3. The zero-order valence-corrected chi connectivity index (χ0v) is 18.5. The van der Waals surface area contributed by atoms with Crippen molar-refractivity contribution in [3.8, 4) is 0 Å². The first-order valence-corrected chi connectivity index (χ1v) is 11.1. The van der Waals surface area contributed by atoms with Crippen molar-refractivity contribution in [3.63, 3.8) is 0 Å². The first kappa shape index (κ1) is 24.0. The number of hydrogen-bond donors (Lipinski definition) is 0. The van der Waals surface area contributed by atoms with Crippen LogP contribution in [0.1, 0.15) is 60.8 Å². The molecule has 0 N–H and O–H groups in total. The summed E-state index contributed by atoms with van der Waals surface area (Å²) in [5, 5.41) is 0. The molecule has 0 amide bonds. The van der Waals surface area contributed by atoms with Crippen LogP contribution in [0, 0.1) is 18.8 Å². The Morgan fingerprint density at radius 3 is 2.28 bits per heavy atom. The monoisotopic (exact) mass is 446 g/mol. The highest BCUT2D eigenvalue weighted by molar-refractivity contribution is 6.00. The smallest absolute Gasteiger partial charge is 0.416 e. The van der Waals surface area contributed by atoms with Gasteiger partial charge in [-0.25, -0.2) is 0 Å². The number of halogens is 3. The minimum atomic E-state index is -4.48. The number of ether oxygens (including phenoxy) is 1. The maximum absolute atomic E-state index is 13.3. The van der Waals surface area contributed by atoms with Gasteiger partial charge in [-0.1, -0.05) is 48.0 Å². The number of benzene rings is 2. The van der Waals surface area contributed by atoms with E-state index in [1.54, 1.807) is 6.92 Å². The van der Waals surface area contributed by atoms with Crippen molar-refractivity contribution in [3.05, 3.63) is 70.8 Å². The SMILES string of the molecule is CCOC(=O)C(Cc1cccc(C(F)(F)F)c1)C(=O)C1CCC(c2ccc(C)cc2)CC1. The van der Waals surface area contributed by atoms with E-state index in [-0.39, 0.29) is 24.7 Å². The van der Waals surface area contributed by atoms with Gasteiger partial charge in [0, 0.05) is 5.92 Å². The number of alkyl halides is 3. The second-order valence-electron chi connectivity index (χ2n) is 8.57. The largest absolute Gasteiger partial charge is 0.465 e. The van der Waals surface area contributed by atoms with Crippen molar-refractivity contribution in [2.24, 2.45) is 11.8 Å². The Bertz CT molecular complexity index is 926. The highest BCUT2D eigenvalue weighted by Crippen LogP contribution is 2.38. The van der Waals surface area contributed by atoms with Crippen LogP contribution in [0.3, 0.4) is 0 Å². The highest BCUT2D eigenvalue weighted by atomic mass is 19.4. The average molecular weight is 447 g/mol. The van der Waals surface area contributed by atoms with E-state index < -0.39 is 23.6 Å². The molecule has 1 aliphatic rings. The predicted octanol–water partition coefficient (Wildman–Crippen LogP) is 6.28. The van der Waals surface area contributed by atoms with Crippen molar-refractivity contribution < 1.29 is 27.5 Å². The van der Waals surface area contributed by atoms with Crippen LogP contribution in [0.5, 0.6) is 0 Å². The molecule has 3 rings (SSSR count). The van der Waals surface area contributed by atoms with E-state index >= 15 is 0 Å². The molecule has 0 radical (unpaired) electrons. The molecule has 2 aromatic rings. The quantitative estimate of drug-likeness (QED) is 0.371. The predicted molar refractivity (Wildman–Crippen MR) is 116 cm³/mol. The molecular formula is C26H29F3O3. The van der Waals surface area contributed by atoms with E-state index in [1.165, 1.54) is 23.3 Å². The lowest BCUT2D eigenvalue weighted by atomic mass is 9.74. The molecule has 1 atom stereocenters. The summed E-state index contributed by atoms with van der Waals surface area (Å²) in [5.74, 6) is -1.86. The van der Waals surface area contributed by atoms with Crippen LogP contribution in [0.25, 0.3) is 0 Å². The first-order valence-electron chi connectivity index (χ1n) is 11.1. The lowest BCUT2D eigenvalue weighted by Gasteiger charge is -2.30. The summed E-state index contributed by atoms with van der Waals surface area (Å²) in [4.78, 5) is 25.8. The molecule has 0 heterocycles. The number of carbonyl (C=O) groups excluding carboxylic acids is 2. The maximum atomic E-state index is 13.3. The number of Topliss-reactive ketones (excluding diaryl/α,β-unsaturated/α-hetero) is 1. The summed E-state index contributed by atoms with van der Waals surface area (Å²) in [5.41, 5.74) is 1.97. The van der Waals surface area contributed by atoms with Crippen molar-refractivity contribution >= 4 is 11.8 Å². The number of carbonyl (C=O) groups is 2. The molecular weight excluding hydrogens is 417 g/mol. The van der Waals surface area contributed by atoms with Gasteiger partial charge in [0.25, 0.3) is 0 Å². The van der Waals surface area contributed by atoms with E-state index in [1.807, 2.05) is 6.92 Å². The Morgan fingerprint density at radius 1 is 1.03 bits per heavy atom. The van der Waals surface area contributed by atoms with Gasteiger partial charge in [0.1, 0.15) is 5.92 Å². The van der Waals surface area contributed by atoms with Crippen molar-refractivity contribution in [2.75, 3.05) is 6.61 Å². The van der Waals surface area contributed by atoms with Crippen molar-refractivity contribution in [1.82, 2.24) is 0 Å². The molecule has 172 valence electrons. The van der Waals surface area contributed by atoms with Gasteiger partial charge in [-0.05, 0) is 69.1 Å². The first-order chi connectivity index (χ1) is 15.2. The molecule has 1 aliphatic carbocycles. The minimum Gasteiger partial charge on any atom is -0.465 e. The molecule has 0 bridgehead atoms. The Balaban J connectivity index is 1.71. The van der Waals surface area contributed by atoms with Crippen LogP contribution in [-0.4, -0.2) is 18.4 Å². The molecule has 1 fully saturated rings. The third-order valence-electron chi connectivity index (χ3n) is 6.29. The molecule has 0 aliphatic heterocycles. The lowest BCUT2D eigenvalue weighted by Crippen LogP contribution is -2.34. The summed E-state index contributed by atoms with van der Waals surface area (Å²) >= 11 is 0. The Kier molecular flexibility index (Phi) is 7.75. The van der Waals surface area contributed by atoms with Crippen molar-refractivity contribution in [1.29, 1.82) is 0 Å². The Hall–Kier alpha value is -2.63. The maximum Gasteiger partial charge on any atom is 0.416 e. The van der Waals surface area contributed by atoms with Gasteiger partial charge in [-0.2, -0.15) is 13.2 Å². The van der Waals surface area contributed by atoms with E-state index in [0.29, 0.717) is 24.3 Å². The van der Waals surface area contributed by atoms with E-state index in [0.717, 1.165) is 25.0 Å². The molecule has 0 aromatic heterocycles. The normalized spacial score (nSPS) is 19.9. The van der Waals surface area contributed by atoms with Gasteiger partial charge in [0.05, 0.1) is 12.2 Å². The third-order valence-corrected chi connectivity index (χ3v) is 6.29. The minimum absolute atomic E-state index is 0.0839. The summed E-state index contributed by atoms with van der Waals surface area (Å²) in [7, 11) is 0. The van der Waals surface area contributed by atoms with E-state index in [4.69, 9.17) is 4.74 Å². The average Bonchev–Trinajstić information content (AvgIpc) is 2.77. The standard InChI is InChI=1S/C26H29F3O3/c1-3-32-25(31)23(16-18-5-4-6-22(15-18)26(27,28)29)24(30)21-13-11-20(12-14-21)19-9-7-17(2)8-10-19/h4-10,15,20-21,23H,3,11-14,16H2,1-2H3. The van der Waals surface area contributed by atoms with Crippen molar-refractivity contribution in [2.45, 2.75) is 58.0 Å². The molecule has 1 saturated carbocycles. The van der Waals surface area contributed by atoms with Crippen LogP contribution in [-0.2, 0) is 26.9 Å². The fourth-order valence-electron chi connectivity index (χ4n) is 4.49. The second kappa shape index (κ2) is 10.3. The fourth-order valence-corrected chi connectivity index (χ4v) is 4.49. The fraction of sp³-hybridized carbons (Fsp3) is 0.462. The molecule has 0 saturated heterocycles. The number of esters is 1. The van der Waals surface area contributed by atoms with Gasteiger partial charge in [-0.3, -0.25) is 9.59 Å². The highest BCUT2D eigenvalue weighted by Gasteiger charge is 2.37. The molecule has 0 spiro atoms. The molecule has 3 nitrogen and oxygen atoms in total. The third kappa shape index (κ3) is 5.99. The Morgan fingerprint density at radius 2 is 1.69 bits per heavy atom. The van der Waals surface area contributed by atoms with Gasteiger partial charge in [-0.15, -0.1) is 0 Å². The summed E-state index contributed by atoms with van der Waals surface area (Å²) in [6, 6.07) is 13.2. The molecule has 2 aromatic carbocycles. The topological polar surface area (TPSA) is 43.4 Å². The van der Waals surface area contributed by atoms with Crippen LogP contribution in [0.2, 0.25) is 0 Å². The van der Waals surface area contributed by atoms with E-state index in [2.05, 4.69) is 24.3 Å². The second-order valence-corrected chi connectivity index (χ2v) is 8.57. The number of rotatable bonds is 7. The molecule has 6 heteroatoms. The van der Waals surface area contributed by atoms with Crippen LogP contribution in [0.15, 0.2) is 48.5 Å². The van der Waals surface area contributed by atoms with Crippen LogP contribution >= 0.6 is 0 Å². The Labute approximate surface area is 187 Å². The van der Waals surface area contributed by atoms with Gasteiger partial charge < -0.3 is 4.74 Å². The lowest BCUT2D eigenvalue weighted by molar-refractivity contribution is -0.152. The summed E-state index contributed by atoms with van der Waals surface area (Å²) in [6.07, 6.45) is -1.55. The van der Waals surface area contributed by atoms with Crippen LogP contribution < -0.4 is 0 Å². The van der Waals surface area contributed by atoms with Gasteiger partial charge >= 0.3 is 12.1 Å². The summed E-state index contributed by atoms with van der Waals surface area (Å²) in [6.45, 7) is 3.81. The number of ketones is 1.